The third-order valence-electron chi connectivity index (χ3n) is 3.43. The molecule has 7 heteroatoms. The molecule has 0 spiro atoms. The van der Waals surface area contributed by atoms with Crippen LogP contribution in [0.2, 0.25) is 0 Å². The third kappa shape index (κ3) is 4.60. The van der Waals surface area contributed by atoms with Crippen molar-refractivity contribution in [1.82, 2.24) is 9.79 Å². The topological polar surface area (TPSA) is 75.7 Å². The number of nitrogens with one attached hydrogen (secondary N) is 1. The van der Waals surface area contributed by atoms with E-state index in [0.717, 1.165) is 13.1 Å². The van der Waals surface area contributed by atoms with Crippen molar-refractivity contribution >= 4 is 15.8 Å². The predicted octanol–water partition coefficient (Wildman–Crippen LogP) is 1.19. The van der Waals surface area contributed by atoms with Crippen LogP contribution >= 0.6 is 0 Å². The van der Waals surface area contributed by atoms with Crippen LogP contribution in [0.25, 0.3) is 0 Å². The first kappa shape index (κ1) is 16.1. The first-order valence-electron chi connectivity index (χ1n) is 6.96. The fourth-order valence-electron chi connectivity index (χ4n) is 2.23. The minimum absolute atomic E-state index is 0.0244. The van der Waals surface area contributed by atoms with Crippen molar-refractivity contribution in [3.05, 3.63) is 29.8 Å². The molecule has 1 aromatic carbocycles. The highest BCUT2D eigenvalue weighted by atomic mass is 32.2. The smallest absolute Gasteiger partial charge is 0.262 e. The molecular formula is C14H20N2O4S. The Morgan fingerprint density at radius 2 is 2.05 bits per heavy atom. The lowest BCUT2D eigenvalue weighted by molar-refractivity contribution is 0.0756. The van der Waals surface area contributed by atoms with Crippen LogP contribution in [0.15, 0.2) is 29.2 Å². The number of carbonyl (C=O) groups excluding carboxylic acids is 1. The molecule has 1 aliphatic rings. The van der Waals surface area contributed by atoms with Gasteiger partial charge < -0.3 is 4.90 Å². The molecule has 1 aliphatic heterocycles. The zero-order chi connectivity index (χ0) is 15.3. The lowest BCUT2D eigenvalue weighted by Gasteiger charge is -2.14. The van der Waals surface area contributed by atoms with Gasteiger partial charge in [0.05, 0.1) is 11.5 Å². The maximum Gasteiger partial charge on any atom is 0.262 e. The third-order valence-corrected chi connectivity index (χ3v) is 4.64. The number of ketones is 1. The van der Waals surface area contributed by atoms with E-state index >= 15 is 0 Å². The van der Waals surface area contributed by atoms with Gasteiger partial charge in [0.1, 0.15) is 0 Å². The van der Waals surface area contributed by atoms with E-state index in [-0.39, 0.29) is 10.7 Å². The van der Waals surface area contributed by atoms with Gasteiger partial charge in [-0.3, -0.25) is 9.63 Å². The monoisotopic (exact) mass is 312 g/mol. The number of nitrogens with zero attached hydrogens (tertiary/aromatic N) is 1. The van der Waals surface area contributed by atoms with Crippen LogP contribution in [0.1, 0.15) is 30.1 Å². The summed E-state index contributed by atoms with van der Waals surface area (Å²) >= 11 is 0. The van der Waals surface area contributed by atoms with Crippen molar-refractivity contribution in [2.75, 3.05) is 26.2 Å². The van der Waals surface area contributed by atoms with E-state index in [0.29, 0.717) is 18.7 Å². The Morgan fingerprint density at radius 3 is 2.71 bits per heavy atom. The maximum absolute atomic E-state index is 12.0. The van der Waals surface area contributed by atoms with Crippen LogP contribution in [-0.2, 0) is 14.9 Å². The van der Waals surface area contributed by atoms with E-state index < -0.39 is 10.0 Å². The molecule has 21 heavy (non-hydrogen) atoms. The summed E-state index contributed by atoms with van der Waals surface area (Å²) in [6.07, 6.45) is 2.37. The molecule has 1 saturated heterocycles. The van der Waals surface area contributed by atoms with Gasteiger partial charge in [-0.15, -0.1) is 0 Å². The van der Waals surface area contributed by atoms with Crippen LogP contribution in [-0.4, -0.2) is 45.3 Å². The Labute approximate surface area is 125 Å². The second-order valence-electron chi connectivity index (χ2n) is 5.07. The molecular weight excluding hydrogens is 292 g/mol. The summed E-state index contributed by atoms with van der Waals surface area (Å²) in [5.74, 6) is -0.179. The van der Waals surface area contributed by atoms with Gasteiger partial charge in [-0.05, 0) is 45.0 Å². The molecule has 0 saturated carbocycles. The average Bonchev–Trinajstić information content (AvgIpc) is 2.97. The predicted molar refractivity (Wildman–Crippen MR) is 78.4 cm³/mol. The molecule has 0 aromatic heterocycles. The molecule has 1 fully saturated rings. The van der Waals surface area contributed by atoms with E-state index in [1.165, 1.54) is 38.0 Å². The number of rotatable bonds is 7. The van der Waals surface area contributed by atoms with Gasteiger partial charge in [0.15, 0.2) is 5.78 Å². The van der Waals surface area contributed by atoms with E-state index in [4.69, 9.17) is 4.84 Å². The van der Waals surface area contributed by atoms with Crippen LogP contribution in [0, 0.1) is 0 Å². The second kappa shape index (κ2) is 7.13. The fraction of sp³-hybridized carbons (Fsp3) is 0.500. The number of carbonyl (C=O) groups is 1. The summed E-state index contributed by atoms with van der Waals surface area (Å²) in [5.41, 5.74) is 0.356. The van der Waals surface area contributed by atoms with E-state index in [1.54, 1.807) is 6.07 Å². The Hall–Kier alpha value is -1.28. The quantitative estimate of drug-likeness (QED) is 0.465. The number of benzene rings is 1. The SMILES string of the molecule is CC(=O)c1cccc(S(=O)(=O)NOCCN2CCCC2)c1. The summed E-state index contributed by atoms with van der Waals surface area (Å²) in [6, 6.07) is 5.89. The highest BCUT2D eigenvalue weighted by Gasteiger charge is 2.16. The molecule has 1 aromatic rings. The van der Waals surface area contributed by atoms with Gasteiger partial charge in [-0.25, -0.2) is 8.42 Å². The Kier molecular flexibility index (Phi) is 5.46. The number of hydrogen-bond donors (Lipinski definition) is 1. The first-order chi connectivity index (χ1) is 9.99. The van der Waals surface area contributed by atoms with Crippen molar-refractivity contribution in [1.29, 1.82) is 0 Å². The molecule has 1 N–H and O–H groups in total. The summed E-state index contributed by atoms with van der Waals surface area (Å²) in [5, 5.41) is 0. The van der Waals surface area contributed by atoms with Crippen LogP contribution in [0.4, 0.5) is 0 Å². The minimum Gasteiger partial charge on any atom is -0.301 e. The van der Waals surface area contributed by atoms with Crippen molar-refractivity contribution in [2.45, 2.75) is 24.7 Å². The molecule has 116 valence electrons. The summed E-state index contributed by atoms with van der Waals surface area (Å²) in [7, 11) is -3.76. The van der Waals surface area contributed by atoms with Crippen LogP contribution < -0.4 is 4.89 Å². The number of hydrogen-bond acceptors (Lipinski definition) is 5. The van der Waals surface area contributed by atoms with Crippen molar-refractivity contribution in [2.24, 2.45) is 0 Å². The molecule has 0 aliphatic carbocycles. The average molecular weight is 312 g/mol. The minimum atomic E-state index is -3.76. The van der Waals surface area contributed by atoms with Crippen molar-refractivity contribution < 1.29 is 18.0 Å². The van der Waals surface area contributed by atoms with Crippen LogP contribution in [0.5, 0.6) is 0 Å². The van der Waals surface area contributed by atoms with Crippen molar-refractivity contribution in [3.63, 3.8) is 0 Å². The molecule has 0 atom stereocenters. The van der Waals surface area contributed by atoms with E-state index in [9.17, 15) is 13.2 Å². The normalized spacial score (nSPS) is 16.2. The lowest BCUT2D eigenvalue weighted by atomic mass is 10.2. The summed E-state index contributed by atoms with van der Waals surface area (Å²) in [6.45, 7) is 4.47. The number of Topliss-reactive ketones (excluding diaryl/α,β-unsaturated/α-hetero) is 1. The Morgan fingerprint density at radius 1 is 1.33 bits per heavy atom. The number of likely N-dealkylation sites (tertiary alicyclic amines) is 1. The molecule has 0 amide bonds. The van der Waals surface area contributed by atoms with Crippen LogP contribution in [0.3, 0.4) is 0 Å². The van der Waals surface area contributed by atoms with Gasteiger partial charge in [0.2, 0.25) is 0 Å². The summed E-state index contributed by atoms with van der Waals surface area (Å²) in [4.78, 5) is 20.7. The van der Waals surface area contributed by atoms with Gasteiger partial charge in [-0.2, -0.15) is 0 Å². The van der Waals surface area contributed by atoms with Gasteiger partial charge >= 0.3 is 0 Å². The second-order valence-corrected chi connectivity index (χ2v) is 6.71. The molecule has 0 radical (unpaired) electrons. The number of sulfonamides is 1. The van der Waals surface area contributed by atoms with Gasteiger partial charge in [-0.1, -0.05) is 17.0 Å². The molecule has 2 rings (SSSR count). The standard InChI is InChI=1S/C14H20N2O4S/c1-12(17)13-5-4-6-14(11-13)21(18,19)15-20-10-9-16-7-2-3-8-16/h4-6,11,15H,2-3,7-10H2,1H3. The van der Waals surface area contributed by atoms with Gasteiger partial charge in [0.25, 0.3) is 10.0 Å². The highest BCUT2D eigenvalue weighted by molar-refractivity contribution is 7.89. The van der Waals surface area contributed by atoms with E-state index in [1.807, 2.05) is 0 Å². The molecule has 0 bridgehead atoms. The van der Waals surface area contributed by atoms with Crippen molar-refractivity contribution in [3.8, 4) is 0 Å². The molecule has 1 heterocycles. The van der Waals surface area contributed by atoms with Gasteiger partial charge in [0, 0.05) is 12.1 Å². The van der Waals surface area contributed by atoms with E-state index in [2.05, 4.69) is 9.79 Å². The zero-order valence-corrected chi connectivity index (χ0v) is 12.9. The molecule has 6 nitrogen and oxygen atoms in total. The Bertz CT molecular complexity index is 595. The fourth-order valence-corrected chi connectivity index (χ4v) is 3.11. The summed E-state index contributed by atoms with van der Waals surface area (Å²) < 4.78 is 24.1. The molecule has 0 unspecified atom stereocenters. The lowest BCUT2D eigenvalue weighted by Crippen LogP contribution is -2.30. The maximum atomic E-state index is 12.0. The zero-order valence-electron chi connectivity index (χ0n) is 12.0. The largest absolute Gasteiger partial charge is 0.301 e. The first-order valence-corrected chi connectivity index (χ1v) is 8.44. The Balaban J connectivity index is 1.88. The highest BCUT2D eigenvalue weighted by Crippen LogP contribution is 2.12.